The summed E-state index contributed by atoms with van der Waals surface area (Å²) in [5.41, 5.74) is 1.12. The molecule has 0 bridgehead atoms. The number of H-pyrrole nitrogens is 1. The third kappa shape index (κ3) is 3.68. The topological polar surface area (TPSA) is 85.5 Å². The molecule has 1 aromatic heterocycles. The number of nitrogens with one attached hydrogen (secondary N) is 2. The van der Waals surface area contributed by atoms with Gasteiger partial charge in [0, 0.05) is 24.8 Å². The van der Waals surface area contributed by atoms with Crippen molar-refractivity contribution in [2.45, 2.75) is 18.9 Å². The number of anilines is 1. The Bertz CT molecular complexity index is 754. The van der Waals surface area contributed by atoms with Crippen LogP contribution in [0.5, 0.6) is 11.5 Å². The standard InChI is InChI=1S/C17H21N3O4/c1-22-14-6-5-11(8-15(14)23-2)13-9-16(21)20-17(19-13)18-10-12-4-3-7-24-12/h5-6,8-9,12H,3-4,7,10H2,1-2H3,(H2,18,19,20,21). The van der Waals surface area contributed by atoms with E-state index in [1.165, 1.54) is 6.07 Å². The number of benzene rings is 1. The van der Waals surface area contributed by atoms with Crippen LogP contribution in [-0.2, 0) is 4.74 Å². The zero-order chi connectivity index (χ0) is 16.9. The monoisotopic (exact) mass is 331 g/mol. The lowest BCUT2D eigenvalue weighted by Crippen LogP contribution is -2.21. The van der Waals surface area contributed by atoms with E-state index in [0.717, 1.165) is 25.0 Å². The number of hydrogen-bond donors (Lipinski definition) is 2. The average molecular weight is 331 g/mol. The highest BCUT2D eigenvalue weighted by Gasteiger charge is 2.15. The maximum absolute atomic E-state index is 11.9. The number of aromatic amines is 1. The van der Waals surface area contributed by atoms with Crippen molar-refractivity contribution in [3.05, 3.63) is 34.6 Å². The van der Waals surface area contributed by atoms with E-state index in [4.69, 9.17) is 14.2 Å². The van der Waals surface area contributed by atoms with Gasteiger partial charge in [-0.05, 0) is 31.0 Å². The highest BCUT2D eigenvalue weighted by molar-refractivity contribution is 5.64. The van der Waals surface area contributed by atoms with Crippen LogP contribution in [0.4, 0.5) is 5.95 Å². The molecule has 2 N–H and O–H groups in total. The minimum absolute atomic E-state index is 0.167. The summed E-state index contributed by atoms with van der Waals surface area (Å²) in [7, 11) is 3.15. The Hall–Kier alpha value is -2.54. The van der Waals surface area contributed by atoms with Gasteiger partial charge < -0.3 is 19.5 Å². The first-order valence-corrected chi connectivity index (χ1v) is 7.89. The summed E-state index contributed by atoms with van der Waals surface area (Å²) in [6.07, 6.45) is 2.26. The van der Waals surface area contributed by atoms with Crippen LogP contribution in [0.25, 0.3) is 11.3 Å². The van der Waals surface area contributed by atoms with Crippen LogP contribution in [0.1, 0.15) is 12.8 Å². The molecule has 1 unspecified atom stereocenters. The minimum Gasteiger partial charge on any atom is -0.493 e. The summed E-state index contributed by atoms with van der Waals surface area (Å²) in [5.74, 6) is 1.65. The summed E-state index contributed by atoms with van der Waals surface area (Å²) >= 11 is 0. The van der Waals surface area contributed by atoms with E-state index in [2.05, 4.69) is 15.3 Å². The molecule has 0 spiro atoms. The molecule has 0 radical (unpaired) electrons. The maximum Gasteiger partial charge on any atom is 0.252 e. The molecule has 0 saturated carbocycles. The maximum atomic E-state index is 11.9. The van der Waals surface area contributed by atoms with Crippen LogP contribution in [-0.4, -0.2) is 43.4 Å². The van der Waals surface area contributed by atoms with Gasteiger partial charge >= 0.3 is 0 Å². The Balaban J connectivity index is 1.83. The zero-order valence-electron chi connectivity index (χ0n) is 13.8. The van der Waals surface area contributed by atoms with Crippen molar-refractivity contribution < 1.29 is 14.2 Å². The van der Waals surface area contributed by atoms with Crippen molar-refractivity contribution in [2.75, 3.05) is 32.7 Å². The fourth-order valence-electron chi connectivity index (χ4n) is 2.70. The molecule has 0 amide bonds. The quantitative estimate of drug-likeness (QED) is 0.842. The molecule has 0 aliphatic carbocycles. The van der Waals surface area contributed by atoms with Crippen LogP contribution < -0.4 is 20.3 Å². The first-order valence-electron chi connectivity index (χ1n) is 7.89. The first kappa shape index (κ1) is 16.3. The lowest BCUT2D eigenvalue weighted by molar-refractivity contribution is 0.120. The van der Waals surface area contributed by atoms with Gasteiger partial charge in [-0.25, -0.2) is 4.98 Å². The van der Waals surface area contributed by atoms with Crippen LogP contribution in [0.2, 0.25) is 0 Å². The van der Waals surface area contributed by atoms with Crippen LogP contribution in [0.15, 0.2) is 29.1 Å². The molecule has 7 nitrogen and oxygen atoms in total. The van der Waals surface area contributed by atoms with Gasteiger partial charge in [-0.2, -0.15) is 0 Å². The molecular weight excluding hydrogens is 310 g/mol. The van der Waals surface area contributed by atoms with Gasteiger partial charge in [-0.1, -0.05) is 0 Å². The highest BCUT2D eigenvalue weighted by atomic mass is 16.5. The SMILES string of the molecule is COc1ccc(-c2cc(=O)[nH]c(NCC3CCCO3)n2)cc1OC. The van der Waals surface area contributed by atoms with E-state index in [0.29, 0.717) is 29.7 Å². The molecule has 1 aromatic carbocycles. The zero-order valence-corrected chi connectivity index (χ0v) is 13.8. The van der Waals surface area contributed by atoms with Crippen molar-refractivity contribution in [2.24, 2.45) is 0 Å². The number of rotatable bonds is 6. The van der Waals surface area contributed by atoms with Crippen LogP contribution in [0.3, 0.4) is 0 Å². The second kappa shape index (κ2) is 7.35. The Morgan fingerprint density at radius 2 is 2.12 bits per heavy atom. The molecule has 1 aliphatic heterocycles. The van der Waals surface area contributed by atoms with Crippen molar-refractivity contribution >= 4 is 5.95 Å². The summed E-state index contributed by atoms with van der Waals surface area (Å²) in [5, 5.41) is 3.14. The lowest BCUT2D eigenvalue weighted by atomic mass is 10.1. The fourth-order valence-corrected chi connectivity index (χ4v) is 2.70. The van der Waals surface area contributed by atoms with Gasteiger partial charge in [0.2, 0.25) is 5.95 Å². The Kier molecular flexibility index (Phi) is 5.00. The molecular formula is C17H21N3O4. The molecule has 3 rings (SSSR count). The molecule has 1 aliphatic rings. The second-order valence-corrected chi connectivity index (χ2v) is 5.56. The van der Waals surface area contributed by atoms with Crippen molar-refractivity contribution in [1.82, 2.24) is 9.97 Å². The summed E-state index contributed by atoms with van der Waals surface area (Å²) < 4.78 is 16.1. The summed E-state index contributed by atoms with van der Waals surface area (Å²) in [6.45, 7) is 1.42. The van der Waals surface area contributed by atoms with Crippen LogP contribution in [0, 0.1) is 0 Å². The number of nitrogens with zero attached hydrogens (tertiary/aromatic N) is 1. The van der Waals surface area contributed by atoms with E-state index in [-0.39, 0.29) is 11.7 Å². The molecule has 1 atom stereocenters. The third-order valence-corrected chi connectivity index (χ3v) is 3.94. The van der Waals surface area contributed by atoms with Crippen molar-refractivity contribution in [3.63, 3.8) is 0 Å². The predicted molar refractivity (Wildman–Crippen MR) is 90.9 cm³/mol. The van der Waals surface area contributed by atoms with Crippen molar-refractivity contribution in [1.29, 1.82) is 0 Å². The number of aromatic nitrogens is 2. The molecule has 2 aromatic rings. The second-order valence-electron chi connectivity index (χ2n) is 5.56. The van der Waals surface area contributed by atoms with E-state index in [9.17, 15) is 4.79 Å². The van der Waals surface area contributed by atoms with E-state index in [1.807, 2.05) is 6.07 Å². The Morgan fingerprint density at radius 3 is 2.83 bits per heavy atom. The molecule has 7 heteroatoms. The van der Waals surface area contributed by atoms with Crippen molar-refractivity contribution in [3.8, 4) is 22.8 Å². The molecule has 24 heavy (non-hydrogen) atoms. The minimum atomic E-state index is -0.218. The van der Waals surface area contributed by atoms with Gasteiger partial charge in [0.1, 0.15) is 0 Å². The van der Waals surface area contributed by atoms with E-state index >= 15 is 0 Å². The molecule has 1 saturated heterocycles. The Labute approximate surface area is 140 Å². The van der Waals surface area contributed by atoms with Crippen LogP contribution >= 0.6 is 0 Å². The third-order valence-electron chi connectivity index (χ3n) is 3.94. The van der Waals surface area contributed by atoms with Gasteiger partial charge in [-0.3, -0.25) is 9.78 Å². The first-order chi connectivity index (χ1) is 11.7. The largest absolute Gasteiger partial charge is 0.493 e. The smallest absolute Gasteiger partial charge is 0.252 e. The lowest BCUT2D eigenvalue weighted by Gasteiger charge is -2.12. The number of hydrogen-bond acceptors (Lipinski definition) is 6. The van der Waals surface area contributed by atoms with Gasteiger partial charge in [0.15, 0.2) is 11.5 Å². The Morgan fingerprint density at radius 1 is 1.29 bits per heavy atom. The molecule has 1 fully saturated rings. The average Bonchev–Trinajstić information content (AvgIpc) is 3.12. The normalized spacial score (nSPS) is 16.8. The molecule has 2 heterocycles. The summed E-state index contributed by atoms with van der Waals surface area (Å²) in [6, 6.07) is 6.88. The van der Waals surface area contributed by atoms with E-state index in [1.54, 1.807) is 26.4 Å². The highest BCUT2D eigenvalue weighted by Crippen LogP contribution is 2.31. The summed E-state index contributed by atoms with van der Waals surface area (Å²) in [4.78, 5) is 19.1. The van der Waals surface area contributed by atoms with Gasteiger partial charge in [0.25, 0.3) is 5.56 Å². The van der Waals surface area contributed by atoms with Gasteiger partial charge in [-0.15, -0.1) is 0 Å². The number of methoxy groups -OCH3 is 2. The molecule has 128 valence electrons. The predicted octanol–water partition coefficient (Wildman–Crippen LogP) is 2.04. The van der Waals surface area contributed by atoms with E-state index < -0.39 is 0 Å². The fraction of sp³-hybridized carbons (Fsp3) is 0.412. The number of ether oxygens (including phenoxy) is 3. The van der Waals surface area contributed by atoms with Gasteiger partial charge in [0.05, 0.1) is 26.0 Å².